The monoisotopic (exact) mass is 268 g/mol. The van der Waals surface area contributed by atoms with E-state index in [0.717, 1.165) is 19.4 Å². The van der Waals surface area contributed by atoms with Gasteiger partial charge in [-0.05, 0) is 25.8 Å². The number of hydrogen-bond donors (Lipinski definition) is 2. The summed E-state index contributed by atoms with van der Waals surface area (Å²) in [5.41, 5.74) is 0. The molecule has 0 saturated carbocycles. The van der Waals surface area contributed by atoms with Gasteiger partial charge in [0.25, 0.3) is 0 Å². The molecular weight excluding hydrogens is 248 g/mol. The van der Waals surface area contributed by atoms with Gasteiger partial charge in [0.1, 0.15) is 0 Å². The van der Waals surface area contributed by atoms with Crippen LogP contribution in [0.1, 0.15) is 19.3 Å². The van der Waals surface area contributed by atoms with Crippen LogP contribution >= 0.6 is 0 Å². The summed E-state index contributed by atoms with van der Waals surface area (Å²) in [6.45, 7) is 1.83. The average Bonchev–Trinajstić information content (AvgIpc) is 2.26. The Bertz CT molecular complexity index is 324. The smallest absolute Gasteiger partial charge is 0.215 e. The van der Waals surface area contributed by atoms with E-state index in [1.165, 1.54) is 0 Å². The Hall–Kier alpha value is 0.0200. The summed E-state index contributed by atoms with van der Waals surface area (Å²) in [5, 5.41) is 2.77. The van der Waals surface area contributed by atoms with Gasteiger partial charge in [-0.2, -0.15) is 0 Å². The van der Waals surface area contributed by atoms with Crippen LogP contribution in [-0.4, -0.2) is 49.5 Å². The van der Waals surface area contributed by atoms with Gasteiger partial charge in [0, 0.05) is 35.9 Å². The van der Waals surface area contributed by atoms with Gasteiger partial charge in [-0.25, -0.2) is 13.1 Å². The van der Waals surface area contributed by atoms with Crippen LogP contribution in [-0.2, 0) is 20.8 Å². The van der Waals surface area contributed by atoms with Crippen molar-refractivity contribution in [3.05, 3.63) is 0 Å². The molecule has 0 aliphatic carbocycles. The van der Waals surface area contributed by atoms with E-state index in [-0.39, 0.29) is 5.25 Å². The minimum Gasteiger partial charge on any atom is -0.315 e. The predicted molar refractivity (Wildman–Crippen MR) is 66.4 cm³/mol. The van der Waals surface area contributed by atoms with Gasteiger partial charge < -0.3 is 5.32 Å². The van der Waals surface area contributed by atoms with E-state index in [1.54, 1.807) is 6.26 Å². The summed E-state index contributed by atoms with van der Waals surface area (Å²) in [5.74, 6) is 0.547. The van der Waals surface area contributed by atoms with Gasteiger partial charge in [-0.3, -0.25) is 4.21 Å². The Morgan fingerprint density at radius 1 is 1.50 bits per heavy atom. The second-order valence-corrected chi connectivity index (χ2v) is 7.64. The van der Waals surface area contributed by atoms with Crippen LogP contribution in [0.5, 0.6) is 0 Å². The Kier molecular flexibility index (Phi) is 5.88. The average molecular weight is 268 g/mol. The van der Waals surface area contributed by atoms with Crippen molar-refractivity contribution in [2.75, 3.05) is 31.6 Å². The van der Waals surface area contributed by atoms with Crippen LogP contribution in [0.25, 0.3) is 0 Å². The molecule has 0 aromatic rings. The van der Waals surface area contributed by atoms with Gasteiger partial charge in [0.2, 0.25) is 10.0 Å². The molecule has 2 unspecified atom stereocenters. The molecule has 0 aromatic heterocycles. The van der Waals surface area contributed by atoms with Crippen molar-refractivity contribution in [2.45, 2.75) is 24.5 Å². The molecule has 5 nitrogen and oxygen atoms in total. The second kappa shape index (κ2) is 6.68. The molecule has 1 aliphatic rings. The molecule has 7 heteroatoms. The molecule has 1 aliphatic heterocycles. The van der Waals surface area contributed by atoms with E-state index >= 15 is 0 Å². The van der Waals surface area contributed by atoms with Crippen LogP contribution in [0, 0.1) is 0 Å². The molecule has 1 rings (SSSR count). The zero-order valence-corrected chi connectivity index (χ0v) is 11.2. The summed E-state index contributed by atoms with van der Waals surface area (Å²) < 4.78 is 37.0. The van der Waals surface area contributed by atoms with Gasteiger partial charge in [-0.15, -0.1) is 0 Å². The Balaban J connectivity index is 2.30. The van der Waals surface area contributed by atoms with E-state index in [4.69, 9.17) is 0 Å². The lowest BCUT2D eigenvalue weighted by atomic mass is 10.2. The molecule has 2 N–H and O–H groups in total. The molecular formula is C9H20N2O3S2. The zero-order valence-electron chi connectivity index (χ0n) is 9.57. The van der Waals surface area contributed by atoms with E-state index < -0.39 is 20.8 Å². The van der Waals surface area contributed by atoms with E-state index in [9.17, 15) is 12.6 Å². The topological polar surface area (TPSA) is 75.3 Å². The number of piperidine rings is 1. The molecule has 16 heavy (non-hydrogen) atoms. The minimum absolute atomic E-state index is 0.312. The fraction of sp³-hybridized carbons (Fsp3) is 1.00. The number of hydrogen-bond acceptors (Lipinski definition) is 4. The van der Waals surface area contributed by atoms with E-state index in [1.807, 2.05) is 0 Å². The van der Waals surface area contributed by atoms with Gasteiger partial charge in [0.05, 0.1) is 5.25 Å². The Morgan fingerprint density at radius 2 is 2.25 bits per heavy atom. The summed E-state index contributed by atoms with van der Waals surface area (Å²) in [7, 11) is -4.04. The first-order valence-corrected chi connectivity index (χ1v) is 8.79. The molecule has 1 saturated heterocycles. The maximum Gasteiger partial charge on any atom is 0.215 e. The Morgan fingerprint density at radius 3 is 2.81 bits per heavy atom. The summed E-state index contributed by atoms with van der Waals surface area (Å²) in [6, 6.07) is 0. The van der Waals surface area contributed by atoms with E-state index in [2.05, 4.69) is 10.0 Å². The third-order valence-electron chi connectivity index (χ3n) is 2.60. The Labute approximate surface area is 99.9 Å². The first kappa shape index (κ1) is 14.1. The van der Waals surface area contributed by atoms with Crippen LogP contribution in [0.2, 0.25) is 0 Å². The molecule has 2 atom stereocenters. The van der Waals surface area contributed by atoms with Gasteiger partial charge in [0.15, 0.2) is 0 Å². The van der Waals surface area contributed by atoms with Crippen LogP contribution in [0.4, 0.5) is 0 Å². The normalized spacial score (nSPS) is 24.2. The highest BCUT2D eigenvalue weighted by Crippen LogP contribution is 2.10. The zero-order chi connectivity index (χ0) is 12.0. The third kappa shape index (κ3) is 4.90. The van der Waals surface area contributed by atoms with Crippen molar-refractivity contribution >= 4 is 20.8 Å². The molecule has 0 bridgehead atoms. The predicted octanol–water partition coefficient (Wildman–Crippen LogP) is -0.574. The number of sulfonamides is 1. The fourth-order valence-electron chi connectivity index (χ4n) is 1.69. The molecule has 0 aromatic carbocycles. The highest BCUT2D eigenvalue weighted by molar-refractivity contribution is 7.90. The highest BCUT2D eigenvalue weighted by atomic mass is 32.2. The minimum atomic E-state index is -3.19. The SMILES string of the molecule is CS(=O)CCCNS(=O)(=O)C1CCCNC1. The number of nitrogens with one attached hydrogen (secondary N) is 2. The lowest BCUT2D eigenvalue weighted by Gasteiger charge is -2.22. The third-order valence-corrected chi connectivity index (χ3v) is 5.35. The quantitative estimate of drug-likeness (QED) is 0.632. The first-order valence-electron chi connectivity index (χ1n) is 5.51. The molecule has 0 spiro atoms. The van der Waals surface area contributed by atoms with Gasteiger partial charge >= 0.3 is 0 Å². The largest absolute Gasteiger partial charge is 0.315 e. The van der Waals surface area contributed by atoms with Crippen LogP contribution in [0.15, 0.2) is 0 Å². The van der Waals surface area contributed by atoms with Crippen molar-refractivity contribution in [3.63, 3.8) is 0 Å². The lowest BCUT2D eigenvalue weighted by Crippen LogP contribution is -2.44. The highest BCUT2D eigenvalue weighted by Gasteiger charge is 2.26. The molecule has 1 fully saturated rings. The van der Waals surface area contributed by atoms with E-state index in [0.29, 0.717) is 25.3 Å². The van der Waals surface area contributed by atoms with Crippen molar-refractivity contribution < 1.29 is 12.6 Å². The second-order valence-electron chi connectivity index (χ2n) is 4.04. The van der Waals surface area contributed by atoms with Crippen molar-refractivity contribution in [2.24, 2.45) is 0 Å². The van der Waals surface area contributed by atoms with Gasteiger partial charge in [-0.1, -0.05) is 0 Å². The maximum atomic E-state index is 11.8. The molecule has 96 valence electrons. The summed E-state index contributed by atoms with van der Waals surface area (Å²) in [6.07, 6.45) is 3.88. The fourth-order valence-corrected chi connectivity index (χ4v) is 3.72. The van der Waals surface area contributed by atoms with Crippen LogP contribution < -0.4 is 10.0 Å². The molecule has 1 heterocycles. The summed E-state index contributed by atoms with van der Waals surface area (Å²) in [4.78, 5) is 0. The van der Waals surface area contributed by atoms with Crippen molar-refractivity contribution in [1.82, 2.24) is 10.0 Å². The van der Waals surface area contributed by atoms with Crippen molar-refractivity contribution in [1.29, 1.82) is 0 Å². The standard InChI is InChI=1S/C9H20N2O3S2/c1-15(12)7-3-6-11-16(13,14)9-4-2-5-10-8-9/h9-11H,2-8H2,1H3. The first-order chi connectivity index (χ1) is 7.52. The molecule has 0 amide bonds. The van der Waals surface area contributed by atoms with Crippen molar-refractivity contribution in [3.8, 4) is 0 Å². The van der Waals surface area contributed by atoms with Crippen LogP contribution in [0.3, 0.4) is 0 Å². The molecule has 0 radical (unpaired) electrons. The lowest BCUT2D eigenvalue weighted by molar-refractivity contribution is 0.490. The number of rotatable bonds is 6. The maximum absolute atomic E-state index is 11.8. The summed E-state index contributed by atoms with van der Waals surface area (Å²) >= 11 is 0.